The third-order valence-corrected chi connectivity index (χ3v) is 16.2. The van der Waals surface area contributed by atoms with Crippen LogP contribution in [-0.4, -0.2) is 79.3 Å². The zero-order valence-electron chi connectivity index (χ0n) is 40.3. The van der Waals surface area contributed by atoms with Gasteiger partial charge in [0.15, 0.2) is 0 Å². The number of esters is 1. The summed E-state index contributed by atoms with van der Waals surface area (Å²) in [6, 6.07) is 22.3. The van der Waals surface area contributed by atoms with Crippen LogP contribution in [0.2, 0.25) is 0 Å². The Morgan fingerprint density at radius 2 is 1.42 bits per heavy atom. The fourth-order valence-corrected chi connectivity index (χ4v) is 12.2. The van der Waals surface area contributed by atoms with Gasteiger partial charge in [-0.1, -0.05) is 137 Å². The van der Waals surface area contributed by atoms with Crippen molar-refractivity contribution in [3.05, 3.63) is 141 Å². The number of non-ortho nitro benzene ring substituents is 1. The molecule has 4 aromatic carbocycles. The Morgan fingerprint density at radius 1 is 0.778 bits per heavy atom. The second-order valence-corrected chi connectivity index (χ2v) is 21.5. The van der Waals surface area contributed by atoms with E-state index >= 15 is 0 Å². The van der Waals surface area contributed by atoms with Crippen molar-refractivity contribution in [1.29, 1.82) is 0 Å². The zero-order valence-corrected chi connectivity index (χ0v) is 41.2. The average Bonchev–Trinajstić information content (AvgIpc) is 3.86. The van der Waals surface area contributed by atoms with E-state index in [1.807, 2.05) is 48.5 Å². The van der Waals surface area contributed by atoms with Crippen molar-refractivity contribution in [2.45, 2.75) is 114 Å². The highest BCUT2D eigenvalue weighted by molar-refractivity contribution is 7.58. The van der Waals surface area contributed by atoms with E-state index in [1.54, 1.807) is 24.3 Å². The molecule has 5 aromatic rings. The summed E-state index contributed by atoms with van der Waals surface area (Å²) in [5.74, 6) is -4.33. The van der Waals surface area contributed by atoms with E-state index in [1.165, 1.54) is 30.3 Å². The first-order chi connectivity index (χ1) is 34.7. The molecule has 0 radical (unpaired) electrons. The number of hydrogen-bond acceptors (Lipinski definition) is 12. The van der Waals surface area contributed by atoms with Gasteiger partial charge < -0.3 is 30.3 Å². The van der Waals surface area contributed by atoms with Crippen LogP contribution >= 0.6 is 7.37 Å². The van der Waals surface area contributed by atoms with Crippen LogP contribution in [0.5, 0.6) is 0 Å². The number of alkyl carbamates (subject to hydrolysis) is 1. The number of fused-ring (bicyclic) bond motifs is 1. The number of nitrogens with zero attached hydrogens (tertiary/aromatic N) is 4. The largest absolute Gasteiger partial charge is 0.469 e. The summed E-state index contributed by atoms with van der Waals surface area (Å²) >= 11 is 0. The highest BCUT2D eigenvalue weighted by atomic mass is 31.2. The molecule has 1 heterocycles. The van der Waals surface area contributed by atoms with Crippen LogP contribution in [0.4, 0.5) is 16.2 Å². The topological polar surface area (TPSA) is 264 Å². The Balaban J connectivity index is 1.22. The molecule has 0 spiro atoms. The fraction of sp³-hybridized carbons (Fsp3) is 0.442. The Labute approximate surface area is 417 Å². The lowest BCUT2D eigenvalue weighted by Gasteiger charge is -2.33. The van der Waals surface area contributed by atoms with Crippen LogP contribution in [0.1, 0.15) is 93.9 Å². The van der Waals surface area contributed by atoms with Crippen molar-refractivity contribution >= 4 is 53.4 Å². The molecule has 2 aliphatic carbocycles. The predicted molar refractivity (Wildman–Crippen MR) is 268 cm³/mol. The first-order valence-corrected chi connectivity index (χ1v) is 26.5. The Bertz CT molecular complexity index is 2750. The second kappa shape index (κ2) is 24.9. The van der Waals surface area contributed by atoms with Gasteiger partial charge in [-0.05, 0) is 52.6 Å². The van der Waals surface area contributed by atoms with Crippen LogP contribution < -0.4 is 16.0 Å². The highest BCUT2D eigenvalue weighted by Crippen LogP contribution is 2.51. The maximum absolute atomic E-state index is 15.0. The molecule has 382 valence electrons. The van der Waals surface area contributed by atoms with E-state index in [-0.39, 0.29) is 49.1 Å². The summed E-state index contributed by atoms with van der Waals surface area (Å²) in [4.78, 5) is 95.2. The first kappa shape index (κ1) is 52.8. The van der Waals surface area contributed by atoms with Gasteiger partial charge in [-0.25, -0.2) is 9.78 Å². The quantitative estimate of drug-likeness (QED) is 0.0219. The number of aromatic nitrogens is 2. The molecule has 4 unspecified atom stereocenters. The monoisotopic (exact) mass is 1010 g/mol. The molecule has 2 fully saturated rings. The van der Waals surface area contributed by atoms with Crippen molar-refractivity contribution < 1.29 is 48.0 Å². The number of imidazole rings is 1. The lowest BCUT2D eigenvalue weighted by molar-refractivity contribution is -0.394. The van der Waals surface area contributed by atoms with Crippen molar-refractivity contribution in [2.75, 3.05) is 13.3 Å². The number of nitro benzene ring substituents is 2. The molecule has 2 saturated carbocycles. The molecular formula is C52H62N7O12P. The minimum Gasteiger partial charge on any atom is -0.469 e. The SMILES string of the molecule is COC(=O)C(CC1CCCCC1)CP(=O)(O)C(CC1CCCCC1)NC(=O)[C@H](Cc1cn(-c2ccc([N+](=O)[O-])cc2[N+](=O)[O-])cn1)NC(=O)C(Cc1cccc2ccccc12)NC(=O)OCc1ccccc1. The number of hydrogen-bond donors (Lipinski definition) is 4. The van der Waals surface area contributed by atoms with E-state index in [2.05, 4.69) is 20.9 Å². The number of nitro groups is 2. The number of carbonyl (C=O) groups is 4. The highest BCUT2D eigenvalue weighted by Gasteiger charge is 2.41. The minimum atomic E-state index is -4.42. The van der Waals surface area contributed by atoms with Crippen LogP contribution in [0.25, 0.3) is 16.5 Å². The maximum Gasteiger partial charge on any atom is 0.408 e. The molecule has 2 aliphatic rings. The summed E-state index contributed by atoms with van der Waals surface area (Å²) in [5.41, 5.74) is 0.381. The Morgan fingerprint density at radius 3 is 2.10 bits per heavy atom. The van der Waals surface area contributed by atoms with Crippen molar-refractivity contribution in [3.63, 3.8) is 0 Å². The molecule has 0 saturated heterocycles. The molecule has 1 aromatic heterocycles. The normalized spacial score (nSPS) is 16.8. The zero-order chi connectivity index (χ0) is 51.2. The van der Waals surface area contributed by atoms with Gasteiger partial charge in [0, 0.05) is 31.3 Å². The minimum absolute atomic E-state index is 0.0168. The van der Waals surface area contributed by atoms with Gasteiger partial charge in [0.1, 0.15) is 30.2 Å². The Kier molecular flexibility index (Phi) is 18.3. The van der Waals surface area contributed by atoms with Crippen LogP contribution in [0, 0.1) is 38.0 Å². The van der Waals surface area contributed by atoms with E-state index in [0.29, 0.717) is 17.5 Å². The number of ether oxygens (including phenoxy) is 2. The van der Waals surface area contributed by atoms with Gasteiger partial charge in [-0.15, -0.1) is 0 Å². The van der Waals surface area contributed by atoms with Gasteiger partial charge in [0.25, 0.3) is 11.4 Å². The number of benzene rings is 4. The van der Waals surface area contributed by atoms with E-state index in [4.69, 9.17) is 9.47 Å². The number of methoxy groups -OCH3 is 1. The Hall–Kier alpha value is -6.98. The summed E-state index contributed by atoms with van der Waals surface area (Å²) in [6.45, 7) is -0.100. The number of amides is 3. The molecule has 3 amide bonds. The van der Waals surface area contributed by atoms with Crippen LogP contribution in [0.15, 0.2) is 104 Å². The summed E-state index contributed by atoms with van der Waals surface area (Å²) < 4.78 is 26.8. The van der Waals surface area contributed by atoms with Crippen molar-refractivity contribution in [3.8, 4) is 5.69 Å². The molecule has 0 aliphatic heterocycles. The average molecular weight is 1010 g/mol. The molecule has 5 atom stereocenters. The third-order valence-electron chi connectivity index (χ3n) is 13.9. The van der Waals surface area contributed by atoms with E-state index in [0.717, 1.165) is 87.1 Å². The van der Waals surface area contributed by atoms with Gasteiger partial charge in [-0.2, -0.15) is 0 Å². The lowest BCUT2D eigenvalue weighted by Crippen LogP contribution is -2.56. The molecule has 0 bridgehead atoms. The molecular weight excluding hydrogens is 946 g/mol. The molecule has 4 N–H and O–H groups in total. The number of rotatable bonds is 22. The molecule has 72 heavy (non-hydrogen) atoms. The van der Waals surface area contributed by atoms with Crippen LogP contribution in [0.3, 0.4) is 0 Å². The molecule has 20 heteroatoms. The van der Waals surface area contributed by atoms with E-state index in [9.17, 15) is 48.9 Å². The van der Waals surface area contributed by atoms with Crippen molar-refractivity contribution in [1.82, 2.24) is 25.5 Å². The summed E-state index contributed by atoms with van der Waals surface area (Å²) in [6.07, 6.45) is 10.6. The lowest BCUT2D eigenvalue weighted by atomic mass is 9.83. The standard InChI is InChI=1S/C52H62N7O12P/c1-70-51(62)40(26-35-14-5-2-6-15-35)33-72(68,69)48(27-36-16-7-3-8-17-36)56-50(61)45(29-41-31-57(34-53-41)46-25-24-42(58(64)65)30-47(46)59(66)67)54-49(60)44(55-52(63)71-32-37-18-9-4-10-19-37)28-39-22-13-21-38-20-11-12-23-43(38)39/h4,9-13,18-25,30-31,34-36,40,44-45,48H,2-3,5-8,14-17,26-29,32-33H2,1H3,(H,54,60)(H,55,63)(H,56,61)(H,68,69)/t40?,44?,45-,48?/m0/s1. The number of nitrogens with one attached hydrogen (secondary N) is 3. The van der Waals surface area contributed by atoms with E-state index < -0.39 is 82.4 Å². The van der Waals surface area contributed by atoms with Gasteiger partial charge in [0.2, 0.25) is 19.2 Å². The predicted octanol–water partition coefficient (Wildman–Crippen LogP) is 8.85. The first-order valence-electron chi connectivity index (χ1n) is 24.6. The van der Waals surface area contributed by atoms with Gasteiger partial charge >= 0.3 is 12.1 Å². The summed E-state index contributed by atoms with van der Waals surface area (Å²) in [5, 5.41) is 33.6. The van der Waals surface area contributed by atoms with Crippen molar-refractivity contribution in [2.24, 2.45) is 17.8 Å². The molecule has 19 nitrogen and oxygen atoms in total. The van der Waals surface area contributed by atoms with Gasteiger partial charge in [-0.3, -0.25) is 43.7 Å². The van der Waals surface area contributed by atoms with Gasteiger partial charge in [0.05, 0.1) is 41.0 Å². The summed E-state index contributed by atoms with van der Waals surface area (Å²) in [7, 11) is -3.17. The third kappa shape index (κ3) is 14.3. The smallest absolute Gasteiger partial charge is 0.408 e. The number of carbonyl (C=O) groups excluding carboxylic acids is 4. The molecule has 7 rings (SSSR count). The van der Waals surface area contributed by atoms with Crippen LogP contribution in [-0.2, 0) is 47.9 Å². The second-order valence-electron chi connectivity index (χ2n) is 19.0. The maximum atomic E-state index is 15.0. The fourth-order valence-electron chi connectivity index (χ4n) is 10.1.